The standard InChI is InChI=1S/C14H15ClIN3O2/c1-7(2)13-9(4)18(17-14(13)16)11-6-10(15)12(19(20)21)5-8(11)3/h5-7H,1-4H3. The second-order valence-corrected chi connectivity index (χ2v) is 6.63. The molecule has 0 aliphatic heterocycles. The molecule has 0 fully saturated rings. The van der Waals surface area contributed by atoms with Crippen LogP contribution in [0.2, 0.25) is 5.02 Å². The third-order valence-electron chi connectivity index (χ3n) is 3.39. The average Bonchev–Trinajstić information content (AvgIpc) is 2.66. The van der Waals surface area contributed by atoms with Gasteiger partial charge in [-0.3, -0.25) is 10.1 Å². The minimum atomic E-state index is -0.474. The smallest absolute Gasteiger partial charge is 0.258 e. The number of nitro benzene ring substituents is 1. The first-order valence-corrected chi connectivity index (χ1v) is 7.89. The number of aryl methyl sites for hydroxylation is 1. The summed E-state index contributed by atoms with van der Waals surface area (Å²) in [6.07, 6.45) is 0. The first-order valence-electron chi connectivity index (χ1n) is 6.44. The Kier molecular flexibility index (Phi) is 4.57. The molecule has 1 aromatic carbocycles. The molecule has 0 unspecified atom stereocenters. The second-order valence-electron chi connectivity index (χ2n) is 5.20. The van der Waals surface area contributed by atoms with Crippen LogP contribution in [-0.2, 0) is 0 Å². The van der Waals surface area contributed by atoms with Crippen molar-refractivity contribution in [1.29, 1.82) is 0 Å². The van der Waals surface area contributed by atoms with Crippen LogP contribution in [0.5, 0.6) is 0 Å². The van der Waals surface area contributed by atoms with Gasteiger partial charge in [0.1, 0.15) is 8.72 Å². The molecule has 0 N–H and O–H groups in total. The summed E-state index contributed by atoms with van der Waals surface area (Å²) in [6.45, 7) is 8.05. The van der Waals surface area contributed by atoms with Crippen molar-refractivity contribution in [1.82, 2.24) is 9.78 Å². The van der Waals surface area contributed by atoms with E-state index >= 15 is 0 Å². The lowest BCUT2D eigenvalue weighted by Gasteiger charge is -2.10. The van der Waals surface area contributed by atoms with Crippen molar-refractivity contribution in [2.75, 3.05) is 0 Å². The van der Waals surface area contributed by atoms with Gasteiger partial charge in [0.15, 0.2) is 0 Å². The van der Waals surface area contributed by atoms with Crippen LogP contribution in [0.3, 0.4) is 0 Å². The van der Waals surface area contributed by atoms with Crippen LogP contribution >= 0.6 is 34.2 Å². The van der Waals surface area contributed by atoms with E-state index in [4.69, 9.17) is 11.6 Å². The number of aromatic nitrogens is 2. The molecule has 0 aliphatic rings. The van der Waals surface area contributed by atoms with E-state index in [2.05, 4.69) is 41.5 Å². The number of hydrogen-bond donors (Lipinski definition) is 0. The molecule has 1 heterocycles. The van der Waals surface area contributed by atoms with Crippen molar-refractivity contribution in [3.8, 4) is 5.69 Å². The molecule has 0 saturated heterocycles. The number of rotatable bonds is 3. The highest BCUT2D eigenvalue weighted by Crippen LogP contribution is 2.32. The van der Waals surface area contributed by atoms with Gasteiger partial charge >= 0.3 is 0 Å². The normalized spacial score (nSPS) is 11.2. The van der Waals surface area contributed by atoms with E-state index in [0.717, 1.165) is 20.6 Å². The Morgan fingerprint density at radius 2 is 2.00 bits per heavy atom. The molecule has 0 saturated carbocycles. The third kappa shape index (κ3) is 2.91. The monoisotopic (exact) mass is 419 g/mol. The van der Waals surface area contributed by atoms with Crippen LogP contribution in [0.15, 0.2) is 12.1 Å². The Labute approximate surface area is 141 Å². The summed E-state index contributed by atoms with van der Waals surface area (Å²) in [5, 5.41) is 15.6. The zero-order valence-corrected chi connectivity index (χ0v) is 15.1. The topological polar surface area (TPSA) is 61.0 Å². The lowest BCUT2D eigenvalue weighted by atomic mass is 10.0. The largest absolute Gasteiger partial charge is 0.288 e. The van der Waals surface area contributed by atoms with Crippen LogP contribution in [0.25, 0.3) is 5.69 Å². The van der Waals surface area contributed by atoms with Crippen LogP contribution in [-0.4, -0.2) is 14.7 Å². The Hall–Kier alpha value is -1.15. The van der Waals surface area contributed by atoms with Gasteiger partial charge in [0.25, 0.3) is 5.69 Å². The Morgan fingerprint density at radius 1 is 1.38 bits per heavy atom. The molecule has 0 radical (unpaired) electrons. The quantitative estimate of drug-likeness (QED) is 0.409. The number of nitro groups is 1. The van der Waals surface area contributed by atoms with E-state index in [1.54, 1.807) is 6.07 Å². The predicted octanol–water partition coefficient (Wildman–Crippen LogP) is 4.78. The minimum Gasteiger partial charge on any atom is -0.258 e. The number of nitrogens with zero attached hydrogens (tertiary/aromatic N) is 3. The summed E-state index contributed by atoms with van der Waals surface area (Å²) in [6, 6.07) is 3.09. The SMILES string of the molecule is Cc1cc([N+](=O)[O-])c(Cl)cc1-n1nc(I)c(C(C)C)c1C. The maximum Gasteiger partial charge on any atom is 0.288 e. The third-order valence-corrected chi connectivity index (χ3v) is 4.48. The predicted molar refractivity (Wildman–Crippen MR) is 91.5 cm³/mol. The van der Waals surface area contributed by atoms with Crippen molar-refractivity contribution in [2.24, 2.45) is 0 Å². The van der Waals surface area contributed by atoms with Crippen LogP contribution in [0, 0.1) is 27.7 Å². The van der Waals surface area contributed by atoms with Crippen molar-refractivity contribution < 1.29 is 4.92 Å². The Morgan fingerprint density at radius 3 is 2.48 bits per heavy atom. The van der Waals surface area contributed by atoms with E-state index in [9.17, 15) is 10.1 Å². The van der Waals surface area contributed by atoms with Crippen LogP contribution in [0.4, 0.5) is 5.69 Å². The molecular weight excluding hydrogens is 405 g/mol. The van der Waals surface area contributed by atoms with Gasteiger partial charge < -0.3 is 0 Å². The average molecular weight is 420 g/mol. The van der Waals surface area contributed by atoms with Crippen LogP contribution < -0.4 is 0 Å². The highest BCUT2D eigenvalue weighted by molar-refractivity contribution is 14.1. The first kappa shape index (κ1) is 16.2. The summed E-state index contributed by atoms with van der Waals surface area (Å²) in [5.41, 5.74) is 3.67. The number of hydrogen-bond acceptors (Lipinski definition) is 3. The second kappa shape index (κ2) is 5.92. The molecule has 0 aliphatic carbocycles. The van der Waals surface area contributed by atoms with Crippen molar-refractivity contribution in [2.45, 2.75) is 33.6 Å². The highest BCUT2D eigenvalue weighted by Gasteiger charge is 2.20. The molecule has 7 heteroatoms. The van der Waals surface area contributed by atoms with Crippen molar-refractivity contribution in [3.63, 3.8) is 0 Å². The lowest BCUT2D eigenvalue weighted by Crippen LogP contribution is -2.03. The first-order chi connectivity index (χ1) is 9.73. The van der Waals surface area contributed by atoms with E-state index in [0.29, 0.717) is 5.92 Å². The lowest BCUT2D eigenvalue weighted by molar-refractivity contribution is -0.384. The molecule has 5 nitrogen and oxygen atoms in total. The molecule has 0 atom stereocenters. The molecule has 21 heavy (non-hydrogen) atoms. The van der Waals surface area contributed by atoms with Gasteiger partial charge in [-0.05, 0) is 54.0 Å². The minimum absolute atomic E-state index is 0.0819. The molecule has 2 aromatic rings. The fourth-order valence-electron chi connectivity index (χ4n) is 2.39. The van der Waals surface area contributed by atoms with E-state index in [1.165, 1.54) is 11.6 Å². The Balaban J connectivity index is 2.66. The summed E-state index contributed by atoms with van der Waals surface area (Å²) in [7, 11) is 0. The fourth-order valence-corrected chi connectivity index (χ4v) is 3.85. The van der Waals surface area contributed by atoms with Gasteiger partial charge in [0, 0.05) is 17.3 Å². The zero-order chi connectivity index (χ0) is 15.9. The van der Waals surface area contributed by atoms with E-state index in [1.807, 2.05) is 18.5 Å². The molecule has 0 amide bonds. The van der Waals surface area contributed by atoms with Crippen molar-refractivity contribution in [3.05, 3.63) is 47.8 Å². The number of benzene rings is 1. The molecular formula is C14H15ClIN3O2. The van der Waals surface area contributed by atoms with Gasteiger partial charge in [-0.2, -0.15) is 5.10 Å². The zero-order valence-electron chi connectivity index (χ0n) is 12.1. The fraction of sp³-hybridized carbons (Fsp3) is 0.357. The Bertz CT molecular complexity index is 725. The molecule has 1 aromatic heterocycles. The molecule has 112 valence electrons. The summed E-state index contributed by atoms with van der Waals surface area (Å²) in [5.74, 6) is 0.361. The maximum absolute atomic E-state index is 10.9. The van der Waals surface area contributed by atoms with Gasteiger partial charge in [0.05, 0.1) is 10.6 Å². The van der Waals surface area contributed by atoms with Gasteiger partial charge in [-0.1, -0.05) is 25.4 Å². The van der Waals surface area contributed by atoms with Gasteiger partial charge in [-0.25, -0.2) is 4.68 Å². The molecule has 0 bridgehead atoms. The highest BCUT2D eigenvalue weighted by atomic mass is 127. The van der Waals surface area contributed by atoms with E-state index in [-0.39, 0.29) is 10.7 Å². The molecule has 2 rings (SSSR count). The van der Waals surface area contributed by atoms with Gasteiger partial charge in [-0.15, -0.1) is 0 Å². The van der Waals surface area contributed by atoms with E-state index < -0.39 is 4.92 Å². The summed E-state index contributed by atoms with van der Waals surface area (Å²) < 4.78 is 2.75. The summed E-state index contributed by atoms with van der Waals surface area (Å²) in [4.78, 5) is 10.5. The van der Waals surface area contributed by atoms with Crippen LogP contribution in [0.1, 0.15) is 36.6 Å². The maximum atomic E-state index is 10.9. The number of halogens is 2. The van der Waals surface area contributed by atoms with Gasteiger partial charge in [0.2, 0.25) is 0 Å². The van der Waals surface area contributed by atoms with Crippen molar-refractivity contribution >= 4 is 39.9 Å². The summed E-state index contributed by atoms with van der Waals surface area (Å²) >= 11 is 8.24. The molecule has 0 spiro atoms.